The van der Waals surface area contributed by atoms with Crippen LogP contribution in [-0.2, 0) is 13.0 Å². The smallest absolute Gasteiger partial charge is 0.191 e. The molecule has 2 rings (SSSR count). The Balaban J connectivity index is 0.00000288. The van der Waals surface area contributed by atoms with Gasteiger partial charge in [0.05, 0.1) is 6.54 Å². The van der Waals surface area contributed by atoms with E-state index in [0.717, 1.165) is 30.5 Å². The average Bonchev–Trinajstić information content (AvgIpc) is 3.04. The van der Waals surface area contributed by atoms with E-state index in [1.54, 1.807) is 11.3 Å². The number of aliphatic imine (C=N–C) groups is 1. The molecule has 1 fully saturated rings. The molecule has 0 spiro atoms. The zero-order valence-corrected chi connectivity index (χ0v) is 18.5. The van der Waals surface area contributed by atoms with Gasteiger partial charge in [0.25, 0.3) is 0 Å². The van der Waals surface area contributed by atoms with Gasteiger partial charge in [-0.1, -0.05) is 13.3 Å². The van der Waals surface area contributed by atoms with Gasteiger partial charge in [-0.25, -0.2) is 4.98 Å². The van der Waals surface area contributed by atoms with E-state index in [4.69, 9.17) is 0 Å². The Labute approximate surface area is 167 Å². The number of hydrogen-bond donors (Lipinski definition) is 2. The Morgan fingerprint density at radius 3 is 2.58 bits per heavy atom. The van der Waals surface area contributed by atoms with Gasteiger partial charge in [0.15, 0.2) is 5.96 Å². The van der Waals surface area contributed by atoms with Gasteiger partial charge in [-0.3, -0.25) is 9.89 Å². The van der Waals surface area contributed by atoms with Crippen molar-refractivity contribution in [3.8, 4) is 0 Å². The molecule has 24 heavy (non-hydrogen) atoms. The molecule has 0 bridgehead atoms. The normalized spacial score (nSPS) is 16.6. The quantitative estimate of drug-likeness (QED) is 0.385. The minimum Gasteiger partial charge on any atom is -0.355 e. The fourth-order valence-corrected chi connectivity index (χ4v) is 3.69. The Kier molecular flexibility index (Phi) is 9.51. The minimum absolute atomic E-state index is 0. The van der Waals surface area contributed by atoms with Crippen molar-refractivity contribution in [3.63, 3.8) is 0 Å². The highest BCUT2D eigenvalue weighted by molar-refractivity contribution is 14.0. The summed E-state index contributed by atoms with van der Waals surface area (Å²) in [4.78, 5) is 12.7. The van der Waals surface area contributed by atoms with Crippen molar-refractivity contribution in [2.75, 3.05) is 26.7 Å². The van der Waals surface area contributed by atoms with E-state index in [1.165, 1.54) is 37.2 Å². The molecule has 2 heterocycles. The van der Waals surface area contributed by atoms with E-state index in [0.29, 0.717) is 0 Å². The van der Waals surface area contributed by atoms with Crippen molar-refractivity contribution in [3.05, 3.63) is 16.1 Å². The molecule has 0 radical (unpaired) electrons. The van der Waals surface area contributed by atoms with Crippen LogP contribution in [0.3, 0.4) is 0 Å². The third-order valence-electron chi connectivity index (χ3n) is 4.48. The van der Waals surface area contributed by atoms with Crippen LogP contribution in [0.25, 0.3) is 0 Å². The van der Waals surface area contributed by atoms with Crippen LogP contribution in [-0.4, -0.2) is 48.1 Å². The summed E-state index contributed by atoms with van der Waals surface area (Å²) in [6.07, 6.45) is 7.03. The second-order valence-electron chi connectivity index (χ2n) is 6.71. The van der Waals surface area contributed by atoms with E-state index in [-0.39, 0.29) is 29.5 Å². The maximum atomic E-state index is 4.44. The van der Waals surface area contributed by atoms with Crippen LogP contribution in [0.5, 0.6) is 0 Å². The van der Waals surface area contributed by atoms with E-state index in [2.05, 4.69) is 46.3 Å². The van der Waals surface area contributed by atoms with Gasteiger partial charge >= 0.3 is 0 Å². The van der Waals surface area contributed by atoms with Gasteiger partial charge in [0, 0.05) is 30.2 Å². The molecule has 0 aliphatic carbocycles. The first kappa shape index (κ1) is 21.6. The van der Waals surface area contributed by atoms with Crippen LogP contribution in [0.2, 0.25) is 0 Å². The zero-order valence-electron chi connectivity index (χ0n) is 15.4. The van der Waals surface area contributed by atoms with E-state index >= 15 is 0 Å². The lowest BCUT2D eigenvalue weighted by atomic mass is 9.98. The van der Waals surface area contributed by atoms with Gasteiger partial charge in [-0.2, -0.15) is 0 Å². The van der Waals surface area contributed by atoms with Gasteiger partial charge in [-0.15, -0.1) is 35.3 Å². The molecule has 1 aromatic heterocycles. The molecule has 0 saturated carbocycles. The Morgan fingerprint density at radius 1 is 1.29 bits per heavy atom. The van der Waals surface area contributed by atoms with Crippen molar-refractivity contribution in [1.29, 1.82) is 0 Å². The maximum absolute atomic E-state index is 4.44. The summed E-state index contributed by atoms with van der Waals surface area (Å²) in [6.45, 7) is 10.8. The molecule has 0 atom stereocenters. The largest absolute Gasteiger partial charge is 0.355 e. The summed E-state index contributed by atoms with van der Waals surface area (Å²) < 4.78 is 0. The number of likely N-dealkylation sites (tertiary alicyclic amines) is 1. The van der Waals surface area contributed by atoms with Crippen molar-refractivity contribution in [2.24, 2.45) is 4.99 Å². The fourth-order valence-electron chi connectivity index (χ4n) is 2.88. The molecule has 0 unspecified atom stereocenters. The number of rotatable bonds is 6. The molecule has 7 heteroatoms. The maximum Gasteiger partial charge on any atom is 0.191 e. The highest BCUT2D eigenvalue weighted by atomic mass is 127. The number of aromatic nitrogens is 1. The molecule has 138 valence electrons. The minimum atomic E-state index is 0. The second kappa shape index (κ2) is 10.6. The van der Waals surface area contributed by atoms with Crippen LogP contribution < -0.4 is 10.6 Å². The third kappa shape index (κ3) is 6.48. The molecule has 1 saturated heterocycles. The number of guanidine groups is 1. The molecule has 1 aromatic rings. The molecular formula is C17H32IN5S. The average molecular weight is 465 g/mol. The zero-order chi connectivity index (χ0) is 16.7. The standard InChI is InChI=1S/C17H31N5S.HI/c1-5-14-11-19-15(23-14)12-20-16(18-4)21-13-17(2,3)22-9-7-6-8-10-22;/h11H,5-10,12-13H2,1-4H3,(H2,18,20,21);1H. The second-order valence-corrected chi connectivity index (χ2v) is 7.91. The van der Waals surface area contributed by atoms with Crippen LogP contribution in [0.4, 0.5) is 0 Å². The summed E-state index contributed by atoms with van der Waals surface area (Å²) in [5.41, 5.74) is 0.147. The number of aryl methyl sites for hydroxylation is 1. The Bertz CT molecular complexity index is 509. The Hall–Kier alpha value is -0.410. The van der Waals surface area contributed by atoms with Crippen LogP contribution >= 0.6 is 35.3 Å². The number of thiazole rings is 1. The number of hydrogen-bond acceptors (Lipinski definition) is 4. The van der Waals surface area contributed by atoms with Crippen molar-refractivity contribution < 1.29 is 0 Å². The van der Waals surface area contributed by atoms with Gasteiger partial charge in [0.2, 0.25) is 0 Å². The summed E-state index contributed by atoms with van der Waals surface area (Å²) >= 11 is 1.77. The SMILES string of the molecule is CCc1cnc(CNC(=NC)NCC(C)(C)N2CCCCC2)s1.I. The summed E-state index contributed by atoms with van der Waals surface area (Å²) in [5, 5.41) is 7.95. The van der Waals surface area contributed by atoms with E-state index < -0.39 is 0 Å². The van der Waals surface area contributed by atoms with E-state index in [9.17, 15) is 0 Å². The first-order valence-electron chi connectivity index (χ1n) is 8.68. The predicted octanol–water partition coefficient (Wildman–Crippen LogP) is 3.25. The number of piperidine rings is 1. The fraction of sp³-hybridized carbons (Fsp3) is 0.765. The summed E-state index contributed by atoms with van der Waals surface area (Å²) in [6, 6.07) is 0. The summed E-state index contributed by atoms with van der Waals surface area (Å²) in [5.74, 6) is 0.850. The first-order chi connectivity index (χ1) is 11.0. The molecular weight excluding hydrogens is 433 g/mol. The molecule has 0 amide bonds. The van der Waals surface area contributed by atoms with Gasteiger partial charge in [-0.05, 0) is 46.2 Å². The monoisotopic (exact) mass is 465 g/mol. The Morgan fingerprint density at radius 2 is 2.00 bits per heavy atom. The molecule has 0 aromatic carbocycles. The van der Waals surface area contributed by atoms with E-state index in [1.807, 2.05) is 13.2 Å². The predicted molar refractivity (Wildman–Crippen MR) is 115 cm³/mol. The molecule has 5 nitrogen and oxygen atoms in total. The number of halogens is 1. The highest BCUT2D eigenvalue weighted by Crippen LogP contribution is 2.19. The lowest BCUT2D eigenvalue weighted by Gasteiger charge is -2.41. The molecule has 2 N–H and O–H groups in total. The van der Waals surface area contributed by atoms with Crippen molar-refractivity contribution >= 4 is 41.3 Å². The van der Waals surface area contributed by atoms with Crippen molar-refractivity contribution in [1.82, 2.24) is 20.5 Å². The third-order valence-corrected chi connectivity index (χ3v) is 5.62. The lowest BCUT2D eigenvalue weighted by molar-refractivity contribution is 0.0982. The number of nitrogens with zero attached hydrogens (tertiary/aromatic N) is 3. The van der Waals surface area contributed by atoms with Crippen molar-refractivity contribution in [2.45, 2.75) is 58.5 Å². The van der Waals surface area contributed by atoms with Gasteiger partial charge in [0.1, 0.15) is 5.01 Å². The van der Waals surface area contributed by atoms with Gasteiger partial charge < -0.3 is 10.6 Å². The summed E-state index contributed by atoms with van der Waals surface area (Å²) in [7, 11) is 1.82. The lowest BCUT2D eigenvalue weighted by Crippen LogP contribution is -2.54. The highest BCUT2D eigenvalue weighted by Gasteiger charge is 2.27. The number of nitrogens with one attached hydrogen (secondary N) is 2. The molecule has 1 aliphatic heterocycles. The van der Waals surface area contributed by atoms with Crippen LogP contribution in [0, 0.1) is 0 Å². The van der Waals surface area contributed by atoms with Crippen LogP contribution in [0.15, 0.2) is 11.2 Å². The molecule has 1 aliphatic rings. The topological polar surface area (TPSA) is 52.6 Å². The van der Waals surface area contributed by atoms with Crippen LogP contribution in [0.1, 0.15) is 49.9 Å². The first-order valence-corrected chi connectivity index (χ1v) is 9.50.